The van der Waals surface area contributed by atoms with Gasteiger partial charge in [0.2, 0.25) is 0 Å². The summed E-state index contributed by atoms with van der Waals surface area (Å²) in [6, 6.07) is 7.77. The molecule has 1 atom stereocenters. The third kappa shape index (κ3) is 5.65. The molecule has 1 aromatic rings. The SMILES string of the molecule is CCCOCCC(Cc1ccc(Br)cc1)C(=O)O. The summed E-state index contributed by atoms with van der Waals surface area (Å²) in [7, 11) is 0. The molecule has 3 nitrogen and oxygen atoms in total. The second kappa shape index (κ2) is 8.27. The molecule has 18 heavy (non-hydrogen) atoms. The van der Waals surface area contributed by atoms with Crippen LogP contribution in [0.1, 0.15) is 25.3 Å². The summed E-state index contributed by atoms with van der Waals surface area (Å²) in [5.74, 6) is -1.12. The first-order valence-corrected chi connectivity index (χ1v) is 6.97. The molecule has 0 aliphatic carbocycles. The lowest BCUT2D eigenvalue weighted by molar-refractivity contribution is -0.142. The smallest absolute Gasteiger partial charge is 0.306 e. The third-order valence-corrected chi connectivity index (χ3v) is 3.23. The minimum absolute atomic E-state index is 0.372. The van der Waals surface area contributed by atoms with E-state index in [1.54, 1.807) is 0 Å². The number of hydrogen-bond donors (Lipinski definition) is 1. The first kappa shape index (κ1) is 15.2. The maximum absolute atomic E-state index is 11.2. The Balaban J connectivity index is 2.47. The largest absolute Gasteiger partial charge is 0.481 e. The van der Waals surface area contributed by atoms with Crippen LogP contribution in [-0.4, -0.2) is 24.3 Å². The van der Waals surface area contributed by atoms with Gasteiger partial charge in [0.25, 0.3) is 0 Å². The molecule has 0 amide bonds. The minimum atomic E-state index is -0.752. The van der Waals surface area contributed by atoms with E-state index in [2.05, 4.69) is 15.9 Å². The lowest BCUT2D eigenvalue weighted by atomic mass is 9.97. The Morgan fingerprint density at radius 2 is 2.00 bits per heavy atom. The summed E-state index contributed by atoms with van der Waals surface area (Å²) in [5, 5.41) is 9.18. The Labute approximate surface area is 116 Å². The van der Waals surface area contributed by atoms with Gasteiger partial charge in [0.15, 0.2) is 0 Å². The van der Waals surface area contributed by atoms with E-state index in [-0.39, 0.29) is 5.92 Å². The first-order valence-electron chi connectivity index (χ1n) is 6.18. The van der Waals surface area contributed by atoms with Gasteiger partial charge in [0.1, 0.15) is 0 Å². The van der Waals surface area contributed by atoms with E-state index >= 15 is 0 Å². The molecule has 1 rings (SSSR count). The average Bonchev–Trinajstić information content (AvgIpc) is 2.35. The number of halogens is 1. The quantitative estimate of drug-likeness (QED) is 0.747. The van der Waals surface area contributed by atoms with Crippen molar-refractivity contribution in [1.29, 1.82) is 0 Å². The van der Waals surface area contributed by atoms with Crippen molar-refractivity contribution in [3.05, 3.63) is 34.3 Å². The Hall–Kier alpha value is -0.870. The van der Waals surface area contributed by atoms with Crippen molar-refractivity contribution in [2.75, 3.05) is 13.2 Å². The zero-order chi connectivity index (χ0) is 13.4. The van der Waals surface area contributed by atoms with Crippen LogP contribution < -0.4 is 0 Å². The molecule has 1 aromatic carbocycles. The molecule has 0 aromatic heterocycles. The van der Waals surface area contributed by atoms with Gasteiger partial charge in [-0.1, -0.05) is 35.0 Å². The molecule has 0 spiro atoms. The summed E-state index contributed by atoms with van der Waals surface area (Å²) < 4.78 is 6.35. The van der Waals surface area contributed by atoms with E-state index in [9.17, 15) is 9.90 Å². The fourth-order valence-corrected chi connectivity index (χ4v) is 1.95. The standard InChI is InChI=1S/C14H19BrO3/c1-2-8-18-9-7-12(14(16)17)10-11-3-5-13(15)6-4-11/h3-6,12H,2,7-10H2,1H3,(H,16,17). The van der Waals surface area contributed by atoms with Crippen LogP contribution in [-0.2, 0) is 16.0 Å². The van der Waals surface area contributed by atoms with Crippen molar-refractivity contribution in [2.24, 2.45) is 5.92 Å². The number of carboxylic acid groups (broad SMARTS) is 1. The van der Waals surface area contributed by atoms with Crippen molar-refractivity contribution >= 4 is 21.9 Å². The van der Waals surface area contributed by atoms with Gasteiger partial charge in [-0.05, 0) is 37.0 Å². The zero-order valence-electron chi connectivity index (χ0n) is 10.6. The summed E-state index contributed by atoms with van der Waals surface area (Å²) in [4.78, 5) is 11.2. The van der Waals surface area contributed by atoms with Gasteiger partial charge >= 0.3 is 5.97 Å². The van der Waals surface area contributed by atoms with Crippen LogP contribution in [0.15, 0.2) is 28.7 Å². The maximum Gasteiger partial charge on any atom is 0.306 e. The van der Waals surface area contributed by atoms with Gasteiger partial charge in [-0.2, -0.15) is 0 Å². The van der Waals surface area contributed by atoms with Gasteiger partial charge in [0, 0.05) is 17.7 Å². The molecule has 0 saturated heterocycles. The number of benzene rings is 1. The molecular formula is C14H19BrO3. The molecule has 4 heteroatoms. The molecule has 100 valence electrons. The van der Waals surface area contributed by atoms with Gasteiger partial charge in [-0.15, -0.1) is 0 Å². The predicted molar refractivity (Wildman–Crippen MR) is 74.7 cm³/mol. The monoisotopic (exact) mass is 314 g/mol. The number of rotatable bonds is 8. The molecule has 1 N–H and O–H groups in total. The Morgan fingerprint density at radius 1 is 1.33 bits per heavy atom. The molecule has 0 aliphatic rings. The fourth-order valence-electron chi connectivity index (χ4n) is 1.69. The van der Waals surface area contributed by atoms with Crippen LogP contribution in [0.2, 0.25) is 0 Å². The van der Waals surface area contributed by atoms with E-state index in [0.717, 1.165) is 16.5 Å². The number of hydrogen-bond acceptors (Lipinski definition) is 2. The zero-order valence-corrected chi connectivity index (χ0v) is 12.1. The van der Waals surface area contributed by atoms with Crippen LogP contribution >= 0.6 is 15.9 Å². The van der Waals surface area contributed by atoms with Gasteiger partial charge in [-0.25, -0.2) is 0 Å². The highest BCUT2D eigenvalue weighted by atomic mass is 79.9. The van der Waals surface area contributed by atoms with Crippen molar-refractivity contribution in [3.8, 4) is 0 Å². The van der Waals surface area contributed by atoms with E-state index in [1.807, 2.05) is 31.2 Å². The molecule has 0 radical (unpaired) electrons. The van der Waals surface area contributed by atoms with Crippen molar-refractivity contribution in [2.45, 2.75) is 26.2 Å². The van der Waals surface area contributed by atoms with Crippen LogP contribution in [0.4, 0.5) is 0 Å². The topological polar surface area (TPSA) is 46.5 Å². The number of aliphatic carboxylic acids is 1. The number of carboxylic acids is 1. The van der Waals surface area contributed by atoms with Gasteiger partial charge in [0.05, 0.1) is 5.92 Å². The number of carbonyl (C=O) groups is 1. The molecular weight excluding hydrogens is 296 g/mol. The second-order valence-corrected chi connectivity index (χ2v) is 5.18. The molecule has 0 aliphatic heterocycles. The minimum Gasteiger partial charge on any atom is -0.481 e. The van der Waals surface area contributed by atoms with Crippen LogP contribution in [0, 0.1) is 5.92 Å². The molecule has 0 saturated carbocycles. The maximum atomic E-state index is 11.2. The summed E-state index contributed by atoms with van der Waals surface area (Å²) in [5.41, 5.74) is 1.04. The average molecular weight is 315 g/mol. The summed E-state index contributed by atoms with van der Waals surface area (Å²) in [6.45, 7) is 3.25. The highest BCUT2D eigenvalue weighted by Crippen LogP contribution is 2.16. The fraction of sp³-hybridized carbons (Fsp3) is 0.500. The third-order valence-electron chi connectivity index (χ3n) is 2.70. The van der Waals surface area contributed by atoms with Crippen LogP contribution in [0.25, 0.3) is 0 Å². The van der Waals surface area contributed by atoms with Crippen molar-refractivity contribution in [1.82, 2.24) is 0 Å². The van der Waals surface area contributed by atoms with E-state index in [4.69, 9.17) is 4.74 Å². The molecule has 1 unspecified atom stereocenters. The van der Waals surface area contributed by atoms with Gasteiger partial charge < -0.3 is 9.84 Å². The summed E-state index contributed by atoms with van der Waals surface area (Å²) in [6.07, 6.45) is 2.08. The highest BCUT2D eigenvalue weighted by molar-refractivity contribution is 9.10. The second-order valence-electron chi connectivity index (χ2n) is 4.27. The lowest BCUT2D eigenvalue weighted by Gasteiger charge is -2.12. The van der Waals surface area contributed by atoms with E-state index < -0.39 is 5.97 Å². The van der Waals surface area contributed by atoms with E-state index in [1.165, 1.54) is 0 Å². The van der Waals surface area contributed by atoms with Crippen molar-refractivity contribution < 1.29 is 14.6 Å². The number of ether oxygens (including phenoxy) is 1. The normalized spacial score (nSPS) is 12.3. The lowest BCUT2D eigenvalue weighted by Crippen LogP contribution is -2.18. The van der Waals surface area contributed by atoms with E-state index in [0.29, 0.717) is 26.1 Å². The summed E-state index contributed by atoms with van der Waals surface area (Å²) >= 11 is 3.36. The highest BCUT2D eigenvalue weighted by Gasteiger charge is 2.17. The van der Waals surface area contributed by atoms with Gasteiger partial charge in [-0.3, -0.25) is 4.79 Å². The molecule has 0 fully saturated rings. The molecule has 0 heterocycles. The Morgan fingerprint density at radius 3 is 2.56 bits per heavy atom. The molecule has 0 bridgehead atoms. The Kier molecular flexibility index (Phi) is 6.98. The predicted octanol–water partition coefficient (Wildman–Crippen LogP) is 3.51. The van der Waals surface area contributed by atoms with Crippen LogP contribution in [0.3, 0.4) is 0 Å². The van der Waals surface area contributed by atoms with Crippen LogP contribution in [0.5, 0.6) is 0 Å². The first-order chi connectivity index (χ1) is 8.63. The Bertz CT molecular complexity index is 362. The van der Waals surface area contributed by atoms with Crippen molar-refractivity contribution in [3.63, 3.8) is 0 Å².